The predicted octanol–water partition coefficient (Wildman–Crippen LogP) is 3.92. The van der Waals surface area contributed by atoms with E-state index in [0.717, 1.165) is 18.4 Å². The van der Waals surface area contributed by atoms with E-state index >= 15 is 0 Å². The van der Waals surface area contributed by atoms with Crippen LogP contribution in [0.1, 0.15) is 36.9 Å². The van der Waals surface area contributed by atoms with Gasteiger partial charge in [-0.3, -0.25) is 9.59 Å². The number of nitrogens with zero attached hydrogens (tertiary/aromatic N) is 1. The fraction of sp³-hybridized carbons (Fsp3) is 0.273. The Morgan fingerprint density at radius 3 is 2.33 bits per heavy atom. The minimum atomic E-state index is -0.645. The number of rotatable bonds is 6. The van der Waals surface area contributed by atoms with Gasteiger partial charge in [-0.2, -0.15) is 0 Å². The van der Waals surface area contributed by atoms with Gasteiger partial charge in [0.25, 0.3) is 11.7 Å². The number of Topliss-reactive ketones (excluding diaryl/α,β-unsaturated/α-hetero) is 1. The van der Waals surface area contributed by atoms with E-state index in [-0.39, 0.29) is 11.3 Å². The standard InChI is InChI=1S/C22H23NO4/c1-3-4-14-23-19(15-8-6-5-7-9-15)18(21(25)22(23)26)20(24)16-10-12-17(27-2)13-11-16/h5-13,19,24H,3-4,14H2,1-2H3/b20-18-. The number of benzene rings is 2. The summed E-state index contributed by atoms with van der Waals surface area (Å²) in [5.74, 6) is -0.723. The first-order chi connectivity index (χ1) is 13.1. The number of amides is 1. The number of methoxy groups -OCH3 is 1. The largest absolute Gasteiger partial charge is 0.507 e. The molecule has 5 heteroatoms. The molecule has 1 atom stereocenters. The molecule has 0 aliphatic carbocycles. The maximum absolute atomic E-state index is 12.8. The Morgan fingerprint density at radius 2 is 1.74 bits per heavy atom. The van der Waals surface area contributed by atoms with Gasteiger partial charge in [-0.05, 0) is 36.2 Å². The Hall–Kier alpha value is -3.08. The van der Waals surface area contributed by atoms with Crippen molar-refractivity contribution in [2.24, 2.45) is 0 Å². The molecule has 1 heterocycles. The zero-order valence-corrected chi connectivity index (χ0v) is 15.5. The van der Waals surface area contributed by atoms with Crippen molar-refractivity contribution in [3.8, 4) is 5.75 Å². The molecule has 1 fully saturated rings. The molecule has 2 aromatic rings. The maximum Gasteiger partial charge on any atom is 0.295 e. The molecule has 0 saturated carbocycles. The summed E-state index contributed by atoms with van der Waals surface area (Å²) in [6.45, 7) is 2.51. The second-order valence-electron chi connectivity index (χ2n) is 6.49. The van der Waals surface area contributed by atoms with Crippen molar-refractivity contribution in [1.82, 2.24) is 4.90 Å². The third kappa shape index (κ3) is 3.58. The van der Waals surface area contributed by atoms with Crippen LogP contribution in [0.5, 0.6) is 5.75 Å². The minimum absolute atomic E-state index is 0.132. The molecule has 1 N–H and O–H groups in total. The molecule has 140 valence electrons. The Morgan fingerprint density at radius 1 is 1.07 bits per heavy atom. The van der Waals surface area contributed by atoms with E-state index in [1.54, 1.807) is 36.3 Å². The van der Waals surface area contributed by atoms with Gasteiger partial charge in [0, 0.05) is 12.1 Å². The second kappa shape index (κ2) is 8.08. The van der Waals surface area contributed by atoms with Crippen molar-refractivity contribution < 1.29 is 19.4 Å². The molecule has 0 bridgehead atoms. The number of unbranched alkanes of at least 4 members (excludes halogenated alkanes) is 1. The van der Waals surface area contributed by atoms with E-state index in [9.17, 15) is 14.7 Å². The highest BCUT2D eigenvalue weighted by Crippen LogP contribution is 2.39. The number of aliphatic hydroxyl groups excluding tert-OH is 1. The van der Waals surface area contributed by atoms with Crippen molar-refractivity contribution in [3.05, 3.63) is 71.3 Å². The summed E-state index contributed by atoms with van der Waals surface area (Å²) in [6.07, 6.45) is 1.70. The highest BCUT2D eigenvalue weighted by Gasteiger charge is 2.45. The zero-order chi connectivity index (χ0) is 19.4. The van der Waals surface area contributed by atoms with Crippen LogP contribution in [0.3, 0.4) is 0 Å². The Kier molecular flexibility index (Phi) is 5.60. The van der Waals surface area contributed by atoms with E-state index in [1.165, 1.54) is 0 Å². The Balaban J connectivity index is 2.11. The average molecular weight is 365 g/mol. The lowest BCUT2D eigenvalue weighted by Crippen LogP contribution is -2.30. The lowest BCUT2D eigenvalue weighted by molar-refractivity contribution is -0.139. The number of hydrogen-bond donors (Lipinski definition) is 1. The van der Waals surface area contributed by atoms with Crippen LogP contribution in [0.2, 0.25) is 0 Å². The van der Waals surface area contributed by atoms with Gasteiger partial charge in [-0.25, -0.2) is 0 Å². The molecular formula is C22H23NO4. The molecule has 27 heavy (non-hydrogen) atoms. The quantitative estimate of drug-likeness (QED) is 0.479. The van der Waals surface area contributed by atoms with Crippen molar-refractivity contribution in [1.29, 1.82) is 0 Å². The Bertz CT molecular complexity index is 856. The monoisotopic (exact) mass is 365 g/mol. The molecule has 1 saturated heterocycles. The van der Waals surface area contributed by atoms with Crippen LogP contribution < -0.4 is 4.74 Å². The van der Waals surface area contributed by atoms with Gasteiger partial charge < -0.3 is 14.7 Å². The summed E-state index contributed by atoms with van der Waals surface area (Å²) in [4.78, 5) is 27.0. The van der Waals surface area contributed by atoms with Crippen LogP contribution in [0.15, 0.2) is 60.2 Å². The molecule has 1 unspecified atom stereocenters. The van der Waals surface area contributed by atoms with Crippen LogP contribution in [0.25, 0.3) is 5.76 Å². The second-order valence-corrected chi connectivity index (χ2v) is 6.49. The molecule has 3 rings (SSSR count). The van der Waals surface area contributed by atoms with E-state index in [1.807, 2.05) is 37.3 Å². The maximum atomic E-state index is 12.8. The van der Waals surface area contributed by atoms with Crippen molar-refractivity contribution in [2.45, 2.75) is 25.8 Å². The molecule has 1 aliphatic rings. The van der Waals surface area contributed by atoms with Crippen LogP contribution in [0, 0.1) is 0 Å². The number of ketones is 1. The Labute approximate surface area is 158 Å². The van der Waals surface area contributed by atoms with Gasteiger partial charge in [0.1, 0.15) is 11.5 Å². The summed E-state index contributed by atoms with van der Waals surface area (Å²) in [5.41, 5.74) is 1.42. The summed E-state index contributed by atoms with van der Waals surface area (Å²) >= 11 is 0. The van der Waals surface area contributed by atoms with Gasteiger partial charge in [0.15, 0.2) is 0 Å². The fourth-order valence-corrected chi connectivity index (χ4v) is 3.33. The van der Waals surface area contributed by atoms with Gasteiger partial charge in [-0.1, -0.05) is 43.7 Å². The molecular weight excluding hydrogens is 342 g/mol. The van der Waals surface area contributed by atoms with Gasteiger partial charge >= 0.3 is 0 Å². The van der Waals surface area contributed by atoms with E-state index in [2.05, 4.69) is 0 Å². The summed E-state index contributed by atoms with van der Waals surface area (Å²) in [6, 6.07) is 15.5. The highest BCUT2D eigenvalue weighted by molar-refractivity contribution is 6.46. The molecule has 2 aromatic carbocycles. The first-order valence-electron chi connectivity index (χ1n) is 9.06. The molecule has 0 radical (unpaired) electrons. The highest BCUT2D eigenvalue weighted by atomic mass is 16.5. The minimum Gasteiger partial charge on any atom is -0.507 e. The molecule has 0 aromatic heterocycles. The average Bonchev–Trinajstić information content (AvgIpc) is 2.97. The van der Waals surface area contributed by atoms with Crippen molar-refractivity contribution in [3.63, 3.8) is 0 Å². The van der Waals surface area contributed by atoms with Crippen LogP contribution >= 0.6 is 0 Å². The number of carbonyl (C=O) groups is 2. The predicted molar refractivity (Wildman–Crippen MR) is 103 cm³/mol. The van der Waals surface area contributed by atoms with E-state index in [4.69, 9.17) is 4.74 Å². The fourth-order valence-electron chi connectivity index (χ4n) is 3.33. The number of aliphatic hydroxyl groups is 1. The number of ether oxygens (including phenoxy) is 1. The first kappa shape index (κ1) is 18.7. The van der Waals surface area contributed by atoms with Gasteiger partial charge in [-0.15, -0.1) is 0 Å². The van der Waals surface area contributed by atoms with Crippen LogP contribution in [-0.2, 0) is 9.59 Å². The number of hydrogen-bond acceptors (Lipinski definition) is 4. The lowest BCUT2D eigenvalue weighted by atomic mass is 9.95. The lowest BCUT2D eigenvalue weighted by Gasteiger charge is -2.25. The molecule has 1 aliphatic heterocycles. The molecule has 1 amide bonds. The SMILES string of the molecule is CCCCN1C(=O)C(=O)/C(=C(\O)c2ccc(OC)cc2)C1c1ccccc1. The molecule has 5 nitrogen and oxygen atoms in total. The summed E-state index contributed by atoms with van der Waals surface area (Å²) in [7, 11) is 1.56. The topological polar surface area (TPSA) is 66.8 Å². The van der Waals surface area contributed by atoms with Gasteiger partial charge in [0.2, 0.25) is 0 Å². The van der Waals surface area contributed by atoms with Crippen LogP contribution in [0.4, 0.5) is 0 Å². The third-order valence-electron chi connectivity index (χ3n) is 4.77. The summed E-state index contributed by atoms with van der Waals surface area (Å²) in [5, 5.41) is 10.9. The molecule has 0 spiro atoms. The first-order valence-corrected chi connectivity index (χ1v) is 9.06. The van der Waals surface area contributed by atoms with Crippen molar-refractivity contribution >= 4 is 17.4 Å². The van der Waals surface area contributed by atoms with E-state index < -0.39 is 17.7 Å². The van der Waals surface area contributed by atoms with E-state index in [0.29, 0.717) is 17.9 Å². The number of likely N-dealkylation sites (tertiary alicyclic amines) is 1. The third-order valence-corrected chi connectivity index (χ3v) is 4.77. The van der Waals surface area contributed by atoms with Crippen molar-refractivity contribution in [2.75, 3.05) is 13.7 Å². The summed E-state index contributed by atoms with van der Waals surface area (Å²) < 4.78 is 5.14. The van der Waals surface area contributed by atoms with Crippen LogP contribution in [-0.4, -0.2) is 35.4 Å². The number of carbonyl (C=O) groups excluding carboxylic acids is 2. The smallest absolute Gasteiger partial charge is 0.295 e. The zero-order valence-electron chi connectivity index (χ0n) is 15.5. The normalized spacial score (nSPS) is 18.7. The van der Waals surface area contributed by atoms with Gasteiger partial charge in [0.05, 0.1) is 18.7 Å².